The molecule has 1 amide bonds. The molecule has 2 unspecified atom stereocenters. The highest BCUT2D eigenvalue weighted by atomic mass is 16.5. The zero-order chi connectivity index (χ0) is 19.2. The first kappa shape index (κ1) is 19.5. The highest BCUT2D eigenvalue weighted by Crippen LogP contribution is 2.38. The smallest absolute Gasteiger partial charge is 0.224 e. The molecule has 7 heteroatoms. The number of anilines is 1. The van der Waals surface area contributed by atoms with Gasteiger partial charge in [0.15, 0.2) is 0 Å². The first-order chi connectivity index (χ1) is 13.1. The van der Waals surface area contributed by atoms with Crippen LogP contribution in [0.1, 0.15) is 18.9 Å². The number of aliphatic hydroxyl groups excluding tert-OH is 1. The zero-order valence-electron chi connectivity index (χ0n) is 15.6. The van der Waals surface area contributed by atoms with Crippen molar-refractivity contribution in [2.45, 2.75) is 32.0 Å². The van der Waals surface area contributed by atoms with Crippen LogP contribution in [0.25, 0.3) is 0 Å². The zero-order valence-corrected chi connectivity index (χ0v) is 15.6. The van der Waals surface area contributed by atoms with Gasteiger partial charge in [0.2, 0.25) is 5.91 Å². The summed E-state index contributed by atoms with van der Waals surface area (Å²) in [7, 11) is 0. The van der Waals surface area contributed by atoms with E-state index in [0.717, 1.165) is 18.7 Å². The van der Waals surface area contributed by atoms with Gasteiger partial charge in [-0.2, -0.15) is 0 Å². The number of carbonyl (C=O) groups excluding carboxylic acids is 1. The Kier molecular flexibility index (Phi) is 6.56. The molecule has 0 spiro atoms. The first-order valence-corrected chi connectivity index (χ1v) is 9.23. The minimum Gasteiger partial charge on any atom is -0.490 e. The molecule has 0 aliphatic carbocycles. The van der Waals surface area contributed by atoms with E-state index in [-0.39, 0.29) is 25.2 Å². The van der Waals surface area contributed by atoms with Crippen LogP contribution < -0.4 is 14.8 Å². The van der Waals surface area contributed by atoms with Gasteiger partial charge in [-0.3, -0.25) is 9.69 Å². The maximum Gasteiger partial charge on any atom is 0.224 e. The van der Waals surface area contributed by atoms with Gasteiger partial charge in [-0.25, -0.2) is 0 Å². The van der Waals surface area contributed by atoms with Crippen molar-refractivity contribution in [3.8, 4) is 23.8 Å². The molecule has 146 valence electrons. The molecule has 2 heterocycles. The molecule has 1 saturated heterocycles. The number of nitrogens with zero attached hydrogens (tertiary/aromatic N) is 1. The normalized spacial score (nSPS) is 20.9. The summed E-state index contributed by atoms with van der Waals surface area (Å²) in [5, 5.41) is 13.2. The molecule has 3 rings (SSSR count). The SMILES string of the molecule is C#CCOc1ccc(OCC(O)CN2CCOC(C)C2)c2c1NC(=O)CC2. The quantitative estimate of drug-likeness (QED) is 0.695. The number of fused-ring (bicyclic) bond motifs is 1. The van der Waals surface area contributed by atoms with Crippen molar-refractivity contribution < 1.29 is 24.1 Å². The number of rotatable bonds is 7. The highest BCUT2D eigenvalue weighted by molar-refractivity contribution is 5.96. The molecule has 2 atom stereocenters. The van der Waals surface area contributed by atoms with Gasteiger partial charge in [0, 0.05) is 31.6 Å². The fourth-order valence-corrected chi connectivity index (χ4v) is 3.40. The summed E-state index contributed by atoms with van der Waals surface area (Å²) >= 11 is 0. The molecule has 0 aromatic heterocycles. The Morgan fingerprint density at radius 2 is 2.22 bits per heavy atom. The maximum atomic E-state index is 11.8. The average molecular weight is 374 g/mol. The lowest BCUT2D eigenvalue weighted by atomic mass is 10.0. The molecule has 2 aliphatic rings. The van der Waals surface area contributed by atoms with Crippen molar-refractivity contribution in [2.75, 3.05) is 44.8 Å². The van der Waals surface area contributed by atoms with Crippen LogP contribution in [-0.2, 0) is 16.0 Å². The number of carbonyl (C=O) groups is 1. The summed E-state index contributed by atoms with van der Waals surface area (Å²) < 4.78 is 16.9. The van der Waals surface area contributed by atoms with E-state index in [4.69, 9.17) is 20.6 Å². The maximum absolute atomic E-state index is 11.8. The second kappa shape index (κ2) is 9.09. The molecule has 2 aliphatic heterocycles. The Morgan fingerprint density at radius 3 is 3.00 bits per heavy atom. The van der Waals surface area contributed by atoms with Gasteiger partial charge in [0.25, 0.3) is 0 Å². The lowest BCUT2D eigenvalue weighted by Crippen LogP contribution is -2.45. The fraction of sp³-hybridized carbons (Fsp3) is 0.550. The number of hydrogen-bond donors (Lipinski definition) is 2. The molecule has 0 saturated carbocycles. The molecular weight excluding hydrogens is 348 g/mol. The van der Waals surface area contributed by atoms with Gasteiger partial charge in [-0.15, -0.1) is 6.42 Å². The van der Waals surface area contributed by atoms with Crippen molar-refractivity contribution in [3.05, 3.63) is 17.7 Å². The van der Waals surface area contributed by atoms with Crippen molar-refractivity contribution in [2.24, 2.45) is 0 Å². The van der Waals surface area contributed by atoms with Crippen molar-refractivity contribution in [1.29, 1.82) is 0 Å². The summed E-state index contributed by atoms with van der Waals surface area (Å²) in [5.74, 6) is 3.53. The van der Waals surface area contributed by atoms with Crippen molar-refractivity contribution in [3.63, 3.8) is 0 Å². The summed E-state index contributed by atoms with van der Waals surface area (Å²) in [6.07, 6.45) is 5.76. The van der Waals surface area contributed by atoms with E-state index in [0.29, 0.717) is 43.2 Å². The number of amides is 1. The van der Waals surface area contributed by atoms with Gasteiger partial charge >= 0.3 is 0 Å². The van der Waals surface area contributed by atoms with Gasteiger partial charge in [-0.05, 0) is 25.5 Å². The predicted molar refractivity (Wildman–Crippen MR) is 101 cm³/mol. The highest BCUT2D eigenvalue weighted by Gasteiger charge is 2.24. The third-order valence-electron chi connectivity index (χ3n) is 4.63. The molecule has 1 fully saturated rings. The Hall–Kier alpha value is -2.27. The first-order valence-electron chi connectivity index (χ1n) is 9.23. The summed E-state index contributed by atoms with van der Waals surface area (Å²) in [6, 6.07) is 3.53. The second-order valence-corrected chi connectivity index (χ2v) is 6.86. The number of aliphatic hydroxyl groups is 1. The Balaban J connectivity index is 1.63. The largest absolute Gasteiger partial charge is 0.490 e. The van der Waals surface area contributed by atoms with E-state index in [1.807, 2.05) is 6.92 Å². The minimum atomic E-state index is -0.610. The Labute approximate surface area is 159 Å². The van der Waals surface area contributed by atoms with Crippen LogP contribution in [0.3, 0.4) is 0 Å². The average Bonchev–Trinajstić information content (AvgIpc) is 2.65. The number of terminal acetylenes is 1. The molecule has 27 heavy (non-hydrogen) atoms. The number of β-amino-alcohol motifs (C(OH)–C–C–N with tert-alkyl or cyclic N) is 1. The summed E-state index contributed by atoms with van der Waals surface area (Å²) in [6.45, 7) is 5.16. The lowest BCUT2D eigenvalue weighted by molar-refractivity contribution is -0.116. The van der Waals surface area contributed by atoms with Crippen LogP contribution in [0.4, 0.5) is 5.69 Å². The van der Waals surface area contributed by atoms with Crippen LogP contribution in [0.2, 0.25) is 0 Å². The summed E-state index contributed by atoms with van der Waals surface area (Å²) in [5.41, 5.74) is 1.48. The number of hydrogen-bond acceptors (Lipinski definition) is 6. The summed E-state index contributed by atoms with van der Waals surface area (Å²) in [4.78, 5) is 13.9. The fourth-order valence-electron chi connectivity index (χ4n) is 3.40. The van der Waals surface area contributed by atoms with Crippen LogP contribution in [-0.4, -0.2) is 67.6 Å². The van der Waals surface area contributed by atoms with Crippen molar-refractivity contribution in [1.82, 2.24) is 4.90 Å². The Bertz CT molecular complexity index is 715. The number of ether oxygens (including phenoxy) is 3. The molecule has 7 nitrogen and oxygen atoms in total. The molecule has 0 radical (unpaired) electrons. The molecule has 2 N–H and O–H groups in total. The van der Waals surface area contributed by atoms with Gasteiger partial charge in [-0.1, -0.05) is 5.92 Å². The van der Waals surface area contributed by atoms with Gasteiger partial charge < -0.3 is 24.6 Å². The molecule has 1 aromatic carbocycles. The van der Waals surface area contributed by atoms with E-state index in [1.165, 1.54) is 0 Å². The van der Waals surface area contributed by atoms with Crippen LogP contribution in [0, 0.1) is 12.3 Å². The molecule has 0 bridgehead atoms. The number of nitrogens with one attached hydrogen (secondary N) is 1. The van der Waals surface area contributed by atoms with E-state index in [1.54, 1.807) is 12.1 Å². The van der Waals surface area contributed by atoms with E-state index < -0.39 is 6.10 Å². The number of morpholine rings is 1. The second-order valence-electron chi connectivity index (χ2n) is 6.86. The van der Waals surface area contributed by atoms with Crippen LogP contribution in [0.5, 0.6) is 11.5 Å². The lowest BCUT2D eigenvalue weighted by Gasteiger charge is -2.32. The predicted octanol–water partition coefficient (Wildman–Crippen LogP) is 1.04. The standard InChI is InChI=1S/C20H26N2O5/c1-3-9-26-18-6-5-17(16-4-7-19(24)21-20(16)18)27-13-15(23)12-22-8-10-25-14(2)11-22/h1,5-6,14-15,23H,4,7-13H2,2H3,(H,21,24). The minimum absolute atomic E-state index is 0.0633. The van der Waals surface area contributed by atoms with E-state index in [2.05, 4.69) is 16.1 Å². The third-order valence-corrected chi connectivity index (χ3v) is 4.63. The molecule has 1 aromatic rings. The monoisotopic (exact) mass is 374 g/mol. The van der Waals surface area contributed by atoms with Gasteiger partial charge in [0.05, 0.1) is 18.4 Å². The van der Waals surface area contributed by atoms with E-state index in [9.17, 15) is 9.90 Å². The van der Waals surface area contributed by atoms with E-state index >= 15 is 0 Å². The Morgan fingerprint density at radius 1 is 1.41 bits per heavy atom. The van der Waals surface area contributed by atoms with Crippen molar-refractivity contribution >= 4 is 11.6 Å². The van der Waals surface area contributed by atoms with Gasteiger partial charge in [0.1, 0.15) is 30.8 Å². The third kappa shape index (κ3) is 5.13. The number of benzene rings is 1. The molecular formula is C20H26N2O5. The van der Waals surface area contributed by atoms with Crippen LogP contribution >= 0.6 is 0 Å². The topological polar surface area (TPSA) is 80.3 Å². The van der Waals surface area contributed by atoms with Crippen LogP contribution in [0.15, 0.2) is 12.1 Å².